The number of aromatic hydroxyl groups is 1. The number of nitrogens with one attached hydrogen (secondary N) is 1. The van der Waals surface area contributed by atoms with E-state index in [1.165, 1.54) is 31.4 Å². The van der Waals surface area contributed by atoms with Gasteiger partial charge in [-0.05, 0) is 24.3 Å². The van der Waals surface area contributed by atoms with Crippen molar-refractivity contribution in [2.24, 2.45) is 0 Å². The monoisotopic (exact) mass is 372 g/mol. The number of hydrogen-bond acceptors (Lipinski definition) is 6. The molecule has 1 amide bonds. The molecular formula is C18H13ClN2O5. The van der Waals surface area contributed by atoms with E-state index in [4.69, 9.17) is 16.1 Å². The lowest BCUT2D eigenvalue weighted by Crippen LogP contribution is -2.13. The van der Waals surface area contributed by atoms with E-state index in [2.05, 4.69) is 15.2 Å². The lowest BCUT2D eigenvalue weighted by molar-refractivity contribution is 0.0597. The Kier molecular flexibility index (Phi) is 4.90. The average molecular weight is 373 g/mol. The fraction of sp³-hybridized carbons (Fsp3) is 0.0556. The smallest absolute Gasteiger partial charge is 0.341 e. The van der Waals surface area contributed by atoms with Gasteiger partial charge in [-0.3, -0.25) is 4.79 Å². The van der Waals surface area contributed by atoms with E-state index >= 15 is 0 Å². The number of amides is 1. The zero-order valence-corrected chi connectivity index (χ0v) is 14.3. The van der Waals surface area contributed by atoms with Crippen molar-refractivity contribution in [1.82, 2.24) is 5.16 Å². The molecule has 2 N–H and O–H groups in total. The van der Waals surface area contributed by atoms with Gasteiger partial charge in [0.2, 0.25) is 0 Å². The highest BCUT2D eigenvalue weighted by Crippen LogP contribution is 2.29. The van der Waals surface area contributed by atoms with E-state index in [9.17, 15) is 14.7 Å². The molecule has 0 radical (unpaired) electrons. The van der Waals surface area contributed by atoms with Crippen molar-refractivity contribution in [3.8, 4) is 17.1 Å². The van der Waals surface area contributed by atoms with Crippen LogP contribution >= 0.6 is 11.6 Å². The fourth-order valence-corrected chi connectivity index (χ4v) is 2.46. The van der Waals surface area contributed by atoms with E-state index in [0.717, 1.165) is 0 Å². The first-order valence-electron chi connectivity index (χ1n) is 7.44. The number of para-hydroxylation sites is 1. The Morgan fingerprint density at radius 2 is 1.96 bits per heavy atom. The summed E-state index contributed by atoms with van der Waals surface area (Å²) in [6, 6.07) is 12.7. The number of carbonyl (C=O) groups is 2. The minimum Gasteiger partial charge on any atom is -0.505 e. The number of rotatable bonds is 4. The number of ether oxygens (including phenoxy) is 1. The fourth-order valence-electron chi connectivity index (χ4n) is 2.27. The Labute approximate surface area is 153 Å². The highest BCUT2D eigenvalue weighted by molar-refractivity contribution is 6.30. The van der Waals surface area contributed by atoms with Crippen molar-refractivity contribution in [2.45, 2.75) is 0 Å². The Morgan fingerprint density at radius 1 is 1.19 bits per heavy atom. The summed E-state index contributed by atoms with van der Waals surface area (Å²) in [5.74, 6) is -1.36. The molecule has 0 saturated carbocycles. The van der Waals surface area contributed by atoms with Crippen molar-refractivity contribution in [3.63, 3.8) is 0 Å². The molecule has 3 rings (SSSR count). The van der Waals surface area contributed by atoms with Crippen LogP contribution in [0.1, 0.15) is 20.8 Å². The maximum atomic E-state index is 12.3. The van der Waals surface area contributed by atoms with Gasteiger partial charge in [0.15, 0.2) is 17.2 Å². The predicted octanol–water partition coefficient (Wildman–Crippen LogP) is 3.74. The summed E-state index contributed by atoms with van der Waals surface area (Å²) in [7, 11) is 1.19. The van der Waals surface area contributed by atoms with Crippen molar-refractivity contribution >= 4 is 29.2 Å². The normalized spacial score (nSPS) is 10.4. The molecule has 0 aliphatic heterocycles. The highest BCUT2D eigenvalue weighted by atomic mass is 35.5. The SMILES string of the molecule is COC(=O)c1cccc(NC(=O)c2cc(-c3cccc(Cl)c3)on2)c1O. The Bertz CT molecular complexity index is 983. The Hall–Kier alpha value is -3.32. The van der Waals surface area contributed by atoms with Crippen LogP contribution in [0.5, 0.6) is 5.75 Å². The first-order chi connectivity index (χ1) is 12.5. The largest absolute Gasteiger partial charge is 0.505 e. The van der Waals surface area contributed by atoms with E-state index < -0.39 is 17.6 Å². The minimum atomic E-state index is -0.719. The van der Waals surface area contributed by atoms with Crippen LogP contribution in [0.2, 0.25) is 5.02 Å². The third-order valence-electron chi connectivity index (χ3n) is 3.54. The standard InChI is InChI=1S/C18H13ClN2O5/c1-25-18(24)12-6-3-7-13(16(12)22)20-17(23)14-9-15(26-21-14)10-4-2-5-11(19)8-10/h2-9,22H,1H3,(H,20,23). The average Bonchev–Trinajstić information content (AvgIpc) is 3.13. The number of carbonyl (C=O) groups excluding carboxylic acids is 2. The van der Waals surface area contributed by atoms with Crippen LogP contribution in [-0.2, 0) is 4.74 Å². The number of phenolic OH excluding ortho intramolecular Hbond substituents is 1. The third-order valence-corrected chi connectivity index (χ3v) is 3.78. The third kappa shape index (κ3) is 3.52. The number of benzene rings is 2. The molecule has 1 aromatic heterocycles. The van der Waals surface area contributed by atoms with Crippen molar-refractivity contribution < 1.29 is 24.0 Å². The second kappa shape index (κ2) is 7.28. The van der Waals surface area contributed by atoms with Crippen molar-refractivity contribution in [2.75, 3.05) is 12.4 Å². The van der Waals surface area contributed by atoms with Gasteiger partial charge >= 0.3 is 5.97 Å². The molecule has 0 saturated heterocycles. The summed E-state index contributed by atoms with van der Waals surface area (Å²) in [4.78, 5) is 23.9. The molecule has 0 bridgehead atoms. The number of aromatic nitrogens is 1. The lowest BCUT2D eigenvalue weighted by Gasteiger charge is -2.08. The molecule has 0 aliphatic carbocycles. The number of nitrogens with zero attached hydrogens (tertiary/aromatic N) is 1. The number of esters is 1. The van der Waals surface area contributed by atoms with Gasteiger partial charge in [-0.15, -0.1) is 0 Å². The van der Waals surface area contributed by atoms with Gasteiger partial charge in [0.25, 0.3) is 5.91 Å². The van der Waals surface area contributed by atoms with Gasteiger partial charge in [-0.25, -0.2) is 4.79 Å². The van der Waals surface area contributed by atoms with Gasteiger partial charge in [0.05, 0.1) is 12.8 Å². The van der Waals surface area contributed by atoms with Crippen LogP contribution in [0.4, 0.5) is 5.69 Å². The van der Waals surface area contributed by atoms with Crippen LogP contribution < -0.4 is 5.32 Å². The summed E-state index contributed by atoms with van der Waals surface area (Å²) in [6.07, 6.45) is 0. The van der Waals surface area contributed by atoms with E-state index in [1.54, 1.807) is 24.3 Å². The first-order valence-corrected chi connectivity index (χ1v) is 7.81. The number of halogens is 1. The molecule has 26 heavy (non-hydrogen) atoms. The highest BCUT2D eigenvalue weighted by Gasteiger charge is 2.19. The molecule has 132 valence electrons. The van der Waals surface area contributed by atoms with Gasteiger partial charge < -0.3 is 19.7 Å². The van der Waals surface area contributed by atoms with E-state index in [0.29, 0.717) is 16.3 Å². The second-order valence-electron chi connectivity index (χ2n) is 5.23. The molecule has 0 atom stereocenters. The zero-order valence-electron chi connectivity index (χ0n) is 13.5. The van der Waals surface area contributed by atoms with Crippen molar-refractivity contribution in [3.05, 3.63) is 64.8 Å². The molecule has 0 unspecified atom stereocenters. The van der Waals surface area contributed by atoms with Gasteiger partial charge in [0.1, 0.15) is 5.56 Å². The number of anilines is 1. The summed E-state index contributed by atoms with van der Waals surface area (Å²) >= 11 is 5.93. The quantitative estimate of drug-likeness (QED) is 0.534. The van der Waals surface area contributed by atoms with Crippen molar-refractivity contribution in [1.29, 1.82) is 0 Å². The van der Waals surface area contributed by atoms with E-state index in [1.807, 2.05) is 0 Å². The molecular weight excluding hydrogens is 360 g/mol. The molecule has 0 fully saturated rings. The lowest BCUT2D eigenvalue weighted by atomic mass is 10.1. The van der Waals surface area contributed by atoms with Crippen LogP contribution in [-0.4, -0.2) is 29.2 Å². The van der Waals surface area contributed by atoms with E-state index in [-0.39, 0.29) is 16.9 Å². The predicted molar refractivity (Wildman–Crippen MR) is 94.3 cm³/mol. The summed E-state index contributed by atoms with van der Waals surface area (Å²) in [5.41, 5.74) is 0.651. The number of phenols is 1. The maximum absolute atomic E-state index is 12.3. The molecule has 8 heteroatoms. The minimum absolute atomic E-state index is 0.00264. The summed E-state index contributed by atoms with van der Waals surface area (Å²) in [5, 5.41) is 16.8. The van der Waals surface area contributed by atoms with Crippen LogP contribution in [0.3, 0.4) is 0 Å². The Morgan fingerprint density at radius 3 is 2.69 bits per heavy atom. The van der Waals surface area contributed by atoms with Gasteiger partial charge in [-0.1, -0.05) is 35.0 Å². The topological polar surface area (TPSA) is 102 Å². The zero-order chi connectivity index (χ0) is 18.7. The van der Waals surface area contributed by atoms with Crippen LogP contribution in [0, 0.1) is 0 Å². The molecule has 7 nitrogen and oxygen atoms in total. The van der Waals surface area contributed by atoms with Crippen LogP contribution in [0.25, 0.3) is 11.3 Å². The summed E-state index contributed by atoms with van der Waals surface area (Å²) < 4.78 is 9.74. The second-order valence-corrected chi connectivity index (χ2v) is 5.67. The molecule has 2 aromatic carbocycles. The van der Waals surface area contributed by atoms with Gasteiger partial charge in [0, 0.05) is 16.7 Å². The molecule has 0 spiro atoms. The number of hydrogen-bond donors (Lipinski definition) is 2. The van der Waals surface area contributed by atoms with Gasteiger partial charge in [-0.2, -0.15) is 0 Å². The molecule has 0 aliphatic rings. The molecule has 3 aromatic rings. The molecule has 1 heterocycles. The van der Waals surface area contributed by atoms with Crippen LogP contribution in [0.15, 0.2) is 53.1 Å². The Balaban J connectivity index is 1.82. The summed E-state index contributed by atoms with van der Waals surface area (Å²) in [6.45, 7) is 0. The number of methoxy groups -OCH3 is 1. The maximum Gasteiger partial charge on any atom is 0.341 e. The first kappa shape index (κ1) is 17.5.